The number of nitrogen functional groups attached to an aromatic ring is 1. The first kappa shape index (κ1) is 16.7. The molecule has 0 amide bonds. The lowest BCUT2D eigenvalue weighted by Gasteiger charge is -2.26. The van der Waals surface area contributed by atoms with Gasteiger partial charge in [0.2, 0.25) is 10.0 Å². The zero-order chi connectivity index (χ0) is 15.8. The third kappa shape index (κ3) is 3.41. The summed E-state index contributed by atoms with van der Waals surface area (Å²) in [5, 5.41) is 0. The summed E-state index contributed by atoms with van der Waals surface area (Å²) < 4.78 is 50.5. The molecule has 1 saturated heterocycles. The SMILES string of the molecule is CCN(C1CCS(=O)(=O)C1)S(=O)(=O)c1cc(Br)ccc1N. The highest BCUT2D eigenvalue weighted by Crippen LogP contribution is 2.29. The molecule has 1 aromatic rings. The minimum absolute atomic E-state index is 0.00280. The average molecular weight is 397 g/mol. The van der Waals surface area contributed by atoms with E-state index in [1.807, 2.05) is 0 Å². The second-order valence-electron chi connectivity index (χ2n) is 4.95. The highest BCUT2D eigenvalue weighted by molar-refractivity contribution is 9.10. The van der Waals surface area contributed by atoms with Crippen LogP contribution in [0.25, 0.3) is 0 Å². The molecule has 1 heterocycles. The van der Waals surface area contributed by atoms with Crippen LogP contribution in [-0.2, 0) is 19.9 Å². The monoisotopic (exact) mass is 396 g/mol. The largest absolute Gasteiger partial charge is 0.398 e. The van der Waals surface area contributed by atoms with Crippen molar-refractivity contribution in [2.75, 3.05) is 23.8 Å². The minimum atomic E-state index is -3.82. The number of anilines is 1. The second-order valence-corrected chi connectivity index (χ2v) is 9.95. The van der Waals surface area contributed by atoms with Crippen LogP contribution in [0.4, 0.5) is 5.69 Å². The fraction of sp³-hybridized carbons (Fsp3) is 0.500. The van der Waals surface area contributed by atoms with E-state index in [2.05, 4.69) is 15.9 Å². The van der Waals surface area contributed by atoms with Gasteiger partial charge in [-0.2, -0.15) is 4.31 Å². The maximum atomic E-state index is 12.8. The summed E-state index contributed by atoms with van der Waals surface area (Å²) in [5.74, 6) is -0.106. The number of sulfone groups is 1. The quantitative estimate of drug-likeness (QED) is 0.771. The molecule has 2 N–H and O–H groups in total. The maximum absolute atomic E-state index is 12.8. The Morgan fingerprint density at radius 1 is 1.43 bits per heavy atom. The summed E-state index contributed by atoms with van der Waals surface area (Å²) in [6.45, 7) is 1.89. The van der Waals surface area contributed by atoms with Gasteiger partial charge in [0.25, 0.3) is 0 Å². The van der Waals surface area contributed by atoms with Gasteiger partial charge in [0.1, 0.15) is 4.90 Å². The fourth-order valence-electron chi connectivity index (χ4n) is 2.48. The van der Waals surface area contributed by atoms with Crippen LogP contribution in [0.5, 0.6) is 0 Å². The summed E-state index contributed by atoms with van der Waals surface area (Å²) in [6.07, 6.45) is 0.323. The van der Waals surface area contributed by atoms with Gasteiger partial charge < -0.3 is 5.73 Å². The molecule has 0 saturated carbocycles. The van der Waals surface area contributed by atoms with E-state index in [0.29, 0.717) is 10.9 Å². The van der Waals surface area contributed by atoms with Crippen molar-refractivity contribution in [3.8, 4) is 0 Å². The number of nitrogens with zero attached hydrogens (tertiary/aromatic N) is 1. The van der Waals surface area contributed by atoms with Crippen molar-refractivity contribution < 1.29 is 16.8 Å². The lowest BCUT2D eigenvalue weighted by Crippen LogP contribution is -2.41. The molecule has 0 aromatic heterocycles. The van der Waals surface area contributed by atoms with E-state index in [0.717, 1.165) is 0 Å². The molecule has 0 aliphatic carbocycles. The molecule has 6 nitrogen and oxygen atoms in total. The molecule has 0 bridgehead atoms. The molecule has 9 heteroatoms. The number of sulfonamides is 1. The highest BCUT2D eigenvalue weighted by Gasteiger charge is 2.38. The Morgan fingerprint density at radius 2 is 2.10 bits per heavy atom. The van der Waals surface area contributed by atoms with E-state index >= 15 is 0 Å². The lowest BCUT2D eigenvalue weighted by atomic mass is 10.3. The number of hydrogen-bond donors (Lipinski definition) is 1. The van der Waals surface area contributed by atoms with E-state index in [1.54, 1.807) is 13.0 Å². The van der Waals surface area contributed by atoms with Gasteiger partial charge in [-0.05, 0) is 24.6 Å². The van der Waals surface area contributed by atoms with Crippen molar-refractivity contribution >= 4 is 41.5 Å². The molecule has 0 spiro atoms. The number of nitrogens with two attached hydrogens (primary N) is 1. The fourth-order valence-corrected chi connectivity index (χ4v) is 6.63. The number of halogens is 1. The van der Waals surface area contributed by atoms with E-state index in [-0.39, 0.29) is 28.6 Å². The van der Waals surface area contributed by atoms with Crippen LogP contribution in [0.1, 0.15) is 13.3 Å². The van der Waals surface area contributed by atoms with Gasteiger partial charge in [-0.25, -0.2) is 16.8 Å². The lowest BCUT2D eigenvalue weighted by molar-refractivity contribution is 0.354. The van der Waals surface area contributed by atoms with Gasteiger partial charge in [-0.15, -0.1) is 0 Å². The predicted molar refractivity (Wildman–Crippen MR) is 85.2 cm³/mol. The number of hydrogen-bond acceptors (Lipinski definition) is 5. The van der Waals surface area contributed by atoms with Crippen molar-refractivity contribution in [3.05, 3.63) is 22.7 Å². The van der Waals surface area contributed by atoms with Gasteiger partial charge in [0.15, 0.2) is 9.84 Å². The summed E-state index contributed by atoms with van der Waals surface area (Å²) >= 11 is 3.23. The van der Waals surface area contributed by atoms with E-state index in [4.69, 9.17) is 5.73 Å². The zero-order valence-corrected chi connectivity index (χ0v) is 14.7. The van der Waals surface area contributed by atoms with Crippen LogP contribution < -0.4 is 5.73 Å². The Bertz CT molecular complexity index is 747. The van der Waals surface area contributed by atoms with Crippen LogP contribution >= 0.6 is 15.9 Å². The van der Waals surface area contributed by atoms with Crippen molar-refractivity contribution in [2.45, 2.75) is 24.3 Å². The Labute approximate surface area is 133 Å². The van der Waals surface area contributed by atoms with Crippen LogP contribution in [0.15, 0.2) is 27.6 Å². The molecule has 118 valence electrons. The van der Waals surface area contributed by atoms with Crippen molar-refractivity contribution in [3.63, 3.8) is 0 Å². The molecule has 21 heavy (non-hydrogen) atoms. The first-order chi connectivity index (χ1) is 9.67. The Kier molecular flexibility index (Phi) is 4.67. The van der Waals surface area contributed by atoms with Gasteiger partial charge >= 0.3 is 0 Å². The molecular weight excluding hydrogens is 380 g/mol. The van der Waals surface area contributed by atoms with Crippen molar-refractivity contribution in [1.82, 2.24) is 4.31 Å². The maximum Gasteiger partial charge on any atom is 0.245 e. The van der Waals surface area contributed by atoms with Gasteiger partial charge in [0, 0.05) is 17.1 Å². The summed E-state index contributed by atoms with van der Waals surface area (Å²) in [6, 6.07) is 4.08. The Morgan fingerprint density at radius 3 is 2.62 bits per heavy atom. The molecular formula is C12H17BrN2O4S2. The van der Waals surface area contributed by atoms with Crippen molar-refractivity contribution in [2.24, 2.45) is 0 Å². The standard InChI is InChI=1S/C12H17BrN2O4S2/c1-2-15(10-5-6-20(16,17)8-10)21(18,19)12-7-9(13)3-4-11(12)14/h3-4,7,10H,2,5-6,8,14H2,1H3. The molecule has 0 radical (unpaired) electrons. The van der Waals surface area contributed by atoms with Crippen LogP contribution in [0.3, 0.4) is 0 Å². The Balaban J connectivity index is 2.43. The van der Waals surface area contributed by atoms with E-state index in [1.165, 1.54) is 16.4 Å². The highest BCUT2D eigenvalue weighted by atomic mass is 79.9. The van der Waals surface area contributed by atoms with Crippen molar-refractivity contribution in [1.29, 1.82) is 0 Å². The summed E-state index contributed by atoms with van der Waals surface area (Å²) in [4.78, 5) is 0.00280. The van der Waals surface area contributed by atoms with E-state index < -0.39 is 25.9 Å². The third-order valence-electron chi connectivity index (χ3n) is 3.49. The number of benzene rings is 1. The predicted octanol–water partition coefficient (Wildman–Crippen LogP) is 1.23. The molecule has 1 unspecified atom stereocenters. The van der Waals surface area contributed by atoms with Gasteiger partial charge in [-0.3, -0.25) is 0 Å². The topological polar surface area (TPSA) is 97.5 Å². The molecule has 2 rings (SSSR count). The van der Waals surface area contributed by atoms with E-state index in [9.17, 15) is 16.8 Å². The summed E-state index contributed by atoms with van der Waals surface area (Å²) in [5.41, 5.74) is 5.93. The Hall–Kier alpha value is -0.640. The first-order valence-corrected chi connectivity index (χ1v) is 10.5. The molecule has 1 aliphatic rings. The zero-order valence-electron chi connectivity index (χ0n) is 11.5. The summed E-state index contributed by atoms with van der Waals surface area (Å²) in [7, 11) is -6.98. The average Bonchev–Trinajstić information content (AvgIpc) is 2.73. The molecule has 1 aromatic carbocycles. The third-order valence-corrected chi connectivity index (χ3v) is 7.82. The van der Waals surface area contributed by atoms with Crippen LogP contribution in [0.2, 0.25) is 0 Å². The second kappa shape index (κ2) is 5.86. The molecule has 1 fully saturated rings. The van der Waals surface area contributed by atoms with Crippen LogP contribution in [-0.4, -0.2) is 45.2 Å². The first-order valence-electron chi connectivity index (χ1n) is 6.44. The molecule has 1 aliphatic heterocycles. The van der Waals surface area contributed by atoms with Gasteiger partial charge in [0.05, 0.1) is 17.2 Å². The molecule has 1 atom stereocenters. The normalized spacial score (nSPS) is 21.8. The smallest absolute Gasteiger partial charge is 0.245 e. The van der Waals surface area contributed by atoms with Gasteiger partial charge in [-0.1, -0.05) is 22.9 Å². The minimum Gasteiger partial charge on any atom is -0.398 e. The van der Waals surface area contributed by atoms with Crippen LogP contribution in [0, 0.1) is 0 Å². The number of rotatable bonds is 4.